The van der Waals surface area contributed by atoms with Crippen molar-refractivity contribution in [3.05, 3.63) is 92.7 Å². The third kappa shape index (κ3) is 5.31. The second kappa shape index (κ2) is 11.1. The van der Waals surface area contributed by atoms with Crippen molar-refractivity contribution >= 4 is 57.2 Å². The van der Waals surface area contributed by atoms with Crippen LogP contribution in [0.5, 0.6) is 5.75 Å². The molecule has 40 heavy (non-hydrogen) atoms. The molecule has 0 spiro atoms. The molecule has 6 rings (SSSR count). The topological polar surface area (TPSA) is 99.2 Å². The van der Waals surface area contributed by atoms with E-state index in [9.17, 15) is 9.59 Å². The van der Waals surface area contributed by atoms with Crippen molar-refractivity contribution in [1.82, 2.24) is 14.6 Å². The predicted octanol–water partition coefficient (Wildman–Crippen LogP) is 5.24. The summed E-state index contributed by atoms with van der Waals surface area (Å²) in [6, 6.07) is 19.0. The van der Waals surface area contributed by atoms with Gasteiger partial charge in [-0.3, -0.25) is 9.59 Å². The summed E-state index contributed by atoms with van der Waals surface area (Å²) >= 11 is 12.4. The van der Waals surface area contributed by atoms with Crippen LogP contribution in [0.3, 0.4) is 0 Å². The zero-order valence-corrected chi connectivity index (χ0v) is 22.6. The minimum absolute atomic E-state index is 0.150. The van der Waals surface area contributed by atoms with Gasteiger partial charge in [-0.15, -0.1) is 0 Å². The summed E-state index contributed by atoms with van der Waals surface area (Å²) in [5.41, 5.74) is 1.18. The fourth-order valence-electron chi connectivity index (χ4n) is 4.43. The van der Waals surface area contributed by atoms with Crippen molar-refractivity contribution in [2.24, 2.45) is 5.10 Å². The molecular weight excluding hydrogens is 555 g/mol. The maximum absolute atomic E-state index is 13.6. The van der Waals surface area contributed by atoms with Crippen LogP contribution in [0.15, 0.2) is 81.0 Å². The second-order valence-electron chi connectivity index (χ2n) is 9.07. The molecule has 202 valence electrons. The van der Waals surface area contributed by atoms with Crippen LogP contribution in [0.25, 0.3) is 33.5 Å². The molecule has 3 heterocycles. The number of aromatic nitrogens is 2. The van der Waals surface area contributed by atoms with E-state index in [2.05, 4.69) is 5.10 Å². The fourth-order valence-corrected chi connectivity index (χ4v) is 4.79. The number of morpholine rings is 1. The van der Waals surface area contributed by atoms with E-state index in [4.69, 9.17) is 42.1 Å². The molecule has 0 atom stereocenters. The molecule has 0 bridgehead atoms. The third-order valence-electron chi connectivity index (χ3n) is 6.45. The van der Waals surface area contributed by atoms with Gasteiger partial charge in [-0.1, -0.05) is 35.3 Å². The number of carbonyl (C=O) groups is 1. The molecule has 1 saturated heterocycles. The van der Waals surface area contributed by atoms with E-state index in [0.29, 0.717) is 69.9 Å². The predicted molar refractivity (Wildman–Crippen MR) is 154 cm³/mol. The van der Waals surface area contributed by atoms with Crippen molar-refractivity contribution in [3.63, 3.8) is 0 Å². The molecule has 0 unspecified atom stereocenters. The molecule has 1 aliphatic rings. The van der Waals surface area contributed by atoms with E-state index in [1.54, 1.807) is 71.6 Å². The van der Waals surface area contributed by atoms with Gasteiger partial charge >= 0.3 is 0 Å². The van der Waals surface area contributed by atoms with Gasteiger partial charge in [-0.2, -0.15) is 9.78 Å². The van der Waals surface area contributed by atoms with E-state index in [0.717, 1.165) is 5.39 Å². The molecule has 1 amide bonds. The Bertz CT molecular complexity index is 1830. The van der Waals surface area contributed by atoms with E-state index >= 15 is 0 Å². The number of benzene rings is 3. The largest absolute Gasteiger partial charge is 0.483 e. The highest BCUT2D eigenvalue weighted by molar-refractivity contribution is 6.31. The van der Waals surface area contributed by atoms with E-state index < -0.39 is 0 Å². The third-order valence-corrected chi connectivity index (χ3v) is 6.92. The quantitative estimate of drug-likeness (QED) is 0.256. The monoisotopic (exact) mass is 576 g/mol. The number of carbonyl (C=O) groups excluding carboxylic acids is 1. The lowest BCUT2D eigenvalue weighted by Crippen LogP contribution is -2.43. The highest BCUT2D eigenvalue weighted by Crippen LogP contribution is 2.29. The molecule has 0 radical (unpaired) electrons. The van der Waals surface area contributed by atoms with Crippen LogP contribution < -0.4 is 10.3 Å². The van der Waals surface area contributed by atoms with Crippen molar-refractivity contribution in [1.29, 1.82) is 0 Å². The highest BCUT2D eigenvalue weighted by atomic mass is 35.5. The average Bonchev–Trinajstić information content (AvgIpc) is 3.39. The van der Waals surface area contributed by atoms with Crippen molar-refractivity contribution in [2.75, 3.05) is 32.9 Å². The first kappa shape index (κ1) is 26.1. The molecule has 0 N–H and O–H groups in total. The maximum Gasteiger partial charge on any atom is 0.282 e. The average molecular weight is 577 g/mol. The number of halogens is 2. The first-order chi connectivity index (χ1) is 19.5. The van der Waals surface area contributed by atoms with Crippen molar-refractivity contribution < 1.29 is 18.7 Å². The van der Waals surface area contributed by atoms with Gasteiger partial charge < -0.3 is 18.8 Å². The van der Waals surface area contributed by atoms with E-state index in [1.807, 2.05) is 0 Å². The number of hydrogen-bond acceptors (Lipinski definition) is 7. The fraction of sp³-hybridized carbons (Fsp3) is 0.172. The Hall–Kier alpha value is -4.18. The molecule has 11 heteroatoms. The number of rotatable bonds is 6. The summed E-state index contributed by atoms with van der Waals surface area (Å²) < 4.78 is 18.3. The first-order valence-electron chi connectivity index (χ1n) is 12.5. The number of fused-ring (bicyclic) bond motifs is 2. The van der Waals surface area contributed by atoms with Crippen LogP contribution in [-0.2, 0) is 9.53 Å². The van der Waals surface area contributed by atoms with Crippen molar-refractivity contribution in [3.8, 4) is 17.3 Å². The molecule has 3 aromatic carbocycles. The van der Waals surface area contributed by atoms with Gasteiger partial charge in [0, 0.05) is 34.1 Å². The molecule has 1 fully saturated rings. The Morgan fingerprint density at radius 2 is 1.80 bits per heavy atom. The Morgan fingerprint density at radius 3 is 2.65 bits per heavy atom. The minimum atomic E-state index is -0.387. The van der Waals surface area contributed by atoms with Gasteiger partial charge in [-0.25, -0.2) is 4.98 Å². The summed E-state index contributed by atoms with van der Waals surface area (Å²) in [6.45, 7) is 1.88. The van der Waals surface area contributed by atoms with Crippen LogP contribution >= 0.6 is 23.2 Å². The Morgan fingerprint density at radius 1 is 1.02 bits per heavy atom. The SMILES string of the molecule is O=C(COc1ccc(Cl)cc1C=Nn1c(-c2cc3cc(Cl)ccc3o2)nc2ccccc2c1=O)N1CCOCC1. The van der Waals surface area contributed by atoms with Crippen LogP contribution in [0.2, 0.25) is 10.0 Å². The summed E-state index contributed by atoms with van der Waals surface area (Å²) in [5, 5.41) is 6.63. The molecule has 0 saturated carbocycles. The van der Waals surface area contributed by atoms with Gasteiger partial charge in [0.1, 0.15) is 11.3 Å². The molecule has 0 aliphatic carbocycles. The Kier molecular flexibility index (Phi) is 7.25. The second-order valence-corrected chi connectivity index (χ2v) is 9.94. The standard InChI is InChI=1S/C29H22Cl2N4O5/c30-20-6-8-25-18(13-20)15-26(40-25)28-33-23-4-2-1-3-22(23)29(37)35(28)32-16-19-14-21(31)5-7-24(19)39-17-27(36)34-9-11-38-12-10-34/h1-8,13-16H,9-12,17H2. The van der Waals surface area contributed by atoms with Gasteiger partial charge in [0.15, 0.2) is 12.4 Å². The lowest BCUT2D eigenvalue weighted by atomic mass is 10.2. The summed E-state index contributed by atoms with van der Waals surface area (Å²) in [5.74, 6) is 0.787. The normalized spacial score (nSPS) is 13.9. The number of para-hydroxylation sites is 1. The van der Waals surface area contributed by atoms with Gasteiger partial charge in [0.2, 0.25) is 5.82 Å². The van der Waals surface area contributed by atoms with Crippen LogP contribution in [0, 0.1) is 0 Å². The smallest absolute Gasteiger partial charge is 0.282 e. The summed E-state index contributed by atoms with van der Waals surface area (Å²) in [7, 11) is 0. The molecule has 9 nitrogen and oxygen atoms in total. The van der Waals surface area contributed by atoms with Crippen LogP contribution in [-0.4, -0.2) is 59.6 Å². The molecule has 5 aromatic rings. The molecular formula is C29H22Cl2N4O5. The zero-order chi connectivity index (χ0) is 27.6. The summed E-state index contributed by atoms with van der Waals surface area (Å²) in [6.07, 6.45) is 1.45. The molecule has 1 aliphatic heterocycles. The van der Waals surface area contributed by atoms with Crippen LogP contribution in [0.1, 0.15) is 5.56 Å². The van der Waals surface area contributed by atoms with E-state index in [1.165, 1.54) is 10.9 Å². The number of amides is 1. The Labute approximate surface area is 238 Å². The summed E-state index contributed by atoms with van der Waals surface area (Å²) in [4.78, 5) is 32.6. The maximum atomic E-state index is 13.6. The van der Waals surface area contributed by atoms with Crippen molar-refractivity contribution in [2.45, 2.75) is 0 Å². The first-order valence-corrected chi connectivity index (χ1v) is 13.3. The Balaban J connectivity index is 1.39. The van der Waals surface area contributed by atoms with Gasteiger partial charge in [0.05, 0.1) is 30.3 Å². The number of furan rings is 1. The van der Waals surface area contributed by atoms with Gasteiger partial charge in [0.25, 0.3) is 11.5 Å². The number of nitrogens with zero attached hydrogens (tertiary/aromatic N) is 4. The number of hydrogen-bond donors (Lipinski definition) is 0. The highest BCUT2D eigenvalue weighted by Gasteiger charge is 2.19. The lowest BCUT2D eigenvalue weighted by molar-refractivity contribution is -0.137. The molecule has 2 aromatic heterocycles. The zero-order valence-electron chi connectivity index (χ0n) is 21.0. The lowest BCUT2D eigenvalue weighted by Gasteiger charge is -2.26. The van der Waals surface area contributed by atoms with Crippen LogP contribution in [0.4, 0.5) is 0 Å². The van der Waals surface area contributed by atoms with E-state index in [-0.39, 0.29) is 23.9 Å². The minimum Gasteiger partial charge on any atom is -0.483 e. The van der Waals surface area contributed by atoms with Gasteiger partial charge in [-0.05, 0) is 54.6 Å². The number of ether oxygens (including phenoxy) is 2.